The lowest BCUT2D eigenvalue weighted by Crippen LogP contribution is -2.80. The number of nitrogen functional groups attached to an aromatic ring is 1. The number of tetrazole rings is 1. The highest BCUT2D eigenvalue weighted by Crippen LogP contribution is 2.47. The Morgan fingerprint density at radius 2 is 2.13 bits per heavy atom. The number of fused-ring (bicyclic) bond motifs is 1. The Balaban J connectivity index is 1.45. The third kappa shape index (κ3) is 4.74. The van der Waals surface area contributed by atoms with Crippen LogP contribution in [-0.2, 0) is 25.8 Å². The molecule has 3 aliphatic rings. The number of carbonyl (C=O) groups is 3. The molecule has 2 aromatic rings. The summed E-state index contributed by atoms with van der Waals surface area (Å²) in [7, 11) is 0. The molecule has 0 bridgehead atoms. The number of aromatic nitrogens is 6. The van der Waals surface area contributed by atoms with E-state index in [-0.39, 0.29) is 58.8 Å². The number of carbonyl (C=O) groups excluding carboxylic acids is 2. The number of oxime groups is 1. The predicted octanol–water partition coefficient (Wildman–Crippen LogP) is -0.972. The van der Waals surface area contributed by atoms with Gasteiger partial charge in [0.2, 0.25) is 11.5 Å². The number of nitrogens with one attached hydrogen (secondary N) is 1. The first-order chi connectivity index (χ1) is 18.8. The van der Waals surface area contributed by atoms with Gasteiger partial charge in [0, 0.05) is 28.2 Å². The summed E-state index contributed by atoms with van der Waals surface area (Å²) in [4.78, 5) is 50.0. The number of hydrogen-bond donors (Lipinski definition) is 4. The first-order valence-corrected chi connectivity index (χ1v) is 14.0. The second-order valence-corrected chi connectivity index (χ2v) is 10.9. The molecule has 2 fully saturated rings. The van der Waals surface area contributed by atoms with Crippen molar-refractivity contribution in [2.45, 2.75) is 49.2 Å². The lowest BCUT2D eigenvalue weighted by molar-refractivity contribution is -0.153. The van der Waals surface area contributed by atoms with Gasteiger partial charge in [-0.25, -0.2) is 9.48 Å². The number of carboxylic acid groups (broad SMARTS) is 1. The molecule has 39 heavy (non-hydrogen) atoms. The van der Waals surface area contributed by atoms with Crippen LogP contribution in [0.15, 0.2) is 10.9 Å². The largest absolute Gasteiger partial charge is 0.477 e. The van der Waals surface area contributed by atoms with Crippen molar-refractivity contribution in [3.8, 4) is 0 Å². The number of carboxylic acids is 1. The van der Waals surface area contributed by atoms with E-state index in [0.29, 0.717) is 0 Å². The van der Waals surface area contributed by atoms with Gasteiger partial charge >= 0.3 is 5.97 Å². The zero-order valence-electron chi connectivity index (χ0n) is 20.1. The fraction of sp³-hybridized carbons (Fsp3) is 0.500. The number of thiocarbonyl (C=S) groups is 1. The molecule has 2 aromatic heterocycles. The van der Waals surface area contributed by atoms with E-state index in [1.165, 1.54) is 16.4 Å². The summed E-state index contributed by atoms with van der Waals surface area (Å²) in [6, 6.07) is 0. The normalized spacial score (nSPS) is 23.4. The molecular weight excluding hydrogens is 572 g/mol. The Kier molecular flexibility index (Phi) is 7.56. The standard InChI is InChI=1S/C20H22N10O6S3/c21-19-22-13(26-39-19)11(25-36-9-3-1-2-4-9)15(32)23-20(8-37)17(35)30-12(16(33)34)10(7-38-18(20)30)14-24-27-28-29(14)5-6-31/h8-9,18,31H,1-7H2,(H,23,32)(H,33,34)(H2,21,22,26)/t18-,20?/m0/s1. The van der Waals surface area contributed by atoms with Crippen LogP contribution in [0.4, 0.5) is 5.13 Å². The van der Waals surface area contributed by atoms with Crippen molar-refractivity contribution in [1.29, 1.82) is 0 Å². The molecule has 206 valence electrons. The monoisotopic (exact) mass is 594 g/mol. The summed E-state index contributed by atoms with van der Waals surface area (Å²) in [5.41, 5.74) is 3.54. The number of β-lactam (4-membered cyclic amide) rings is 1. The van der Waals surface area contributed by atoms with Crippen molar-refractivity contribution >= 4 is 75.1 Å². The molecule has 1 aliphatic carbocycles. The molecule has 1 unspecified atom stereocenters. The van der Waals surface area contributed by atoms with E-state index < -0.39 is 28.7 Å². The Labute approximate surface area is 233 Å². The van der Waals surface area contributed by atoms with E-state index in [1.807, 2.05) is 0 Å². The fourth-order valence-corrected chi connectivity index (χ4v) is 6.80. The molecule has 2 amide bonds. The number of hydrogen-bond acceptors (Lipinski definition) is 15. The van der Waals surface area contributed by atoms with Crippen molar-refractivity contribution in [2.24, 2.45) is 5.16 Å². The highest BCUT2D eigenvalue weighted by atomic mass is 32.2. The van der Waals surface area contributed by atoms with Crippen LogP contribution in [0.25, 0.3) is 5.57 Å². The lowest BCUT2D eigenvalue weighted by atomic mass is 9.87. The second-order valence-electron chi connectivity index (χ2n) is 8.77. The van der Waals surface area contributed by atoms with E-state index in [2.05, 4.69) is 35.4 Å². The number of nitrogens with zero attached hydrogens (tertiary/aromatic N) is 8. The minimum atomic E-state index is -1.73. The van der Waals surface area contributed by atoms with E-state index in [0.717, 1.165) is 47.5 Å². The zero-order chi connectivity index (χ0) is 27.7. The summed E-state index contributed by atoms with van der Waals surface area (Å²) in [5.74, 6) is -2.87. The van der Waals surface area contributed by atoms with Gasteiger partial charge in [0.15, 0.2) is 16.5 Å². The van der Waals surface area contributed by atoms with Gasteiger partial charge in [-0.2, -0.15) is 9.36 Å². The first kappa shape index (κ1) is 27.0. The Morgan fingerprint density at radius 3 is 2.77 bits per heavy atom. The van der Waals surface area contributed by atoms with Gasteiger partial charge in [-0.05, 0) is 36.1 Å². The van der Waals surface area contributed by atoms with Crippen molar-refractivity contribution in [2.75, 3.05) is 18.1 Å². The zero-order valence-corrected chi connectivity index (χ0v) is 22.5. The van der Waals surface area contributed by atoms with Gasteiger partial charge in [0.05, 0.1) is 13.2 Å². The van der Waals surface area contributed by atoms with Crippen LogP contribution >= 0.6 is 35.5 Å². The van der Waals surface area contributed by atoms with Crippen LogP contribution < -0.4 is 11.1 Å². The van der Waals surface area contributed by atoms with Crippen molar-refractivity contribution in [3.63, 3.8) is 0 Å². The minimum Gasteiger partial charge on any atom is -0.477 e. The molecule has 4 heterocycles. The van der Waals surface area contributed by atoms with Gasteiger partial charge in [-0.15, -0.1) is 16.9 Å². The van der Waals surface area contributed by atoms with E-state index in [1.54, 1.807) is 0 Å². The average molecular weight is 595 g/mol. The lowest BCUT2D eigenvalue weighted by Gasteiger charge is -2.55. The number of aliphatic hydroxyl groups is 1. The van der Waals surface area contributed by atoms with Gasteiger partial charge in [-0.3, -0.25) is 14.5 Å². The third-order valence-corrected chi connectivity index (χ3v) is 8.66. The number of anilines is 1. The number of thioether (sulfide) groups is 1. The Bertz CT molecular complexity index is 1390. The van der Waals surface area contributed by atoms with E-state index in [9.17, 15) is 24.6 Å². The van der Waals surface area contributed by atoms with Crippen LogP contribution in [0, 0.1) is 0 Å². The van der Waals surface area contributed by atoms with E-state index in [4.69, 9.17) is 22.8 Å². The molecule has 0 aromatic carbocycles. The Morgan fingerprint density at radius 1 is 1.36 bits per heavy atom. The molecule has 2 atom stereocenters. The maximum atomic E-state index is 13.5. The van der Waals surface area contributed by atoms with Gasteiger partial charge < -0.3 is 26.1 Å². The quantitative estimate of drug-likeness (QED) is 0.112. The third-order valence-electron chi connectivity index (χ3n) is 6.40. The molecule has 0 spiro atoms. The summed E-state index contributed by atoms with van der Waals surface area (Å²) >= 11 is 7.21. The Hall–Kier alpha value is -3.55. The van der Waals surface area contributed by atoms with Crippen molar-refractivity contribution in [1.82, 2.24) is 39.8 Å². The number of aliphatic hydroxyl groups excluding tert-OH is 1. The molecular formula is C20H22N10O6S3. The van der Waals surface area contributed by atoms with Crippen molar-refractivity contribution in [3.05, 3.63) is 17.3 Å². The van der Waals surface area contributed by atoms with Crippen LogP contribution in [-0.4, -0.2) is 103 Å². The number of aliphatic carboxylic acids is 1. The number of amides is 2. The van der Waals surface area contributed by atoms with Crippen LogP contribution in [0.1, 0.15) is 37.3 Å². The highest BCUT2D eigenvalue weighted by Gasteiger charge is 2.65. The summed E-state index contributed by atoms with van der Waals surface area (Å²) < 4.78 is 5.30. The minimum absolute atomic E-state index is 0.0287. The maximum Gasteiger partial charge on any atom is 0.353 e. The van der Waals surface area contributed by atoms with Crippen LogP contribution in [0.2, 0.25) is 0 Å². The maximum absolute atomic E-state index is 13.5. The molecule has 1 saturated carbocycles. The highest BCUT2D eigenvalue weighted by molar-refractivity contribution is 8.00. The molecule has 1 saturated heterocycles. The summed E-state index contributed by atoms with van der Waals surface area (Å²) in [6.45, 7) is -0.249. The van der Waals surface area contributed by atoms with Crippen molar-refractivity contribution < 1.29 is 29.4 Å². The van der Waals surface area contributed by atoms with Crippen LogP contribution in [0.3, 0.4) is 0 Å². The second kappa shape index (κ2) is 10.9. The summed E-state index contributed by atoms with van der Waals surface area (Å²) in [6.07, 6.45) is 3.37. The molecule has 5 rings (SSSR count). The molecule has 19 heteroatoms. The molecule has 0 radical (unpaired) electrons. The molecule has 2 aliphatic heterocycles. The first-order valence-electron chi connectivity index (χ1n) is 11.7. The van der Waals surface area contributed by atoms with Gasteiger partial charge in [-0.1, -0.05) is 17.4 Å². The predicted molar refractivity (Wildman–Crippen MR) is 141 cm³/mol. The molecule has 5 N–H and O–H groups in total. The van der Waals surface area contributed by atoms with Crippen LogP contribution in [0.5, 0.6) is 0 Å². The SMILES string of the molecule is Nc1nc(C(=NOC2CCCC2)C(=O)NC2(C=S)C(=O)N3C(C(=O)O)=C(c4nnnn4CCO)CS[C@H]32)ns1. The smallest absolute Gasteiger partial charge is 0.353 e. The van der Waals surface area contributed by atoms with Gasteiger partial charge in [0.25, 0.3) is 11.8 Å². The summed E-state index contributed by atoms with van der Waals surface area (Å²) in [5, 5.41) is 37.5. The topological polar surface area (TPSA) is 224 Å². The average Bonchev–Trinajstić information content (AvgIpc) is 3.69. The number of rotatable bonds is 10. The van der Waals surface area contributed by atoms with E-state index >= 15 is 0 Å². The van der Waals surface area contributed by atoms with Gasteiger partial charge in [0.1, 0.15) is 17.2 Å². The number of nitrogens with two attached hydrogens (primary N) is 1. The fourth-order valence-electron chi connectivity index (χ4n) is 4.55. The molecule has 16 nitrogen and oxygen atoms in total.